The normalized spacial score (nSPS) is 11.8. The lowest BCUT2D eigenvalue weighted by atomic mass is 10.2. The van der Waals surface area contributed by atoms with Gasteiger partial charge in [0.2, 0.25) is 5.91 Å². The van der Waals surface area contributed by atoms with Gasteiger partial charge in [0.25, 0.3) is 10.1 Å². The molecule has 0 aliphatic carbocycles. The van der Waals surface area contributed by atoms with Crippen LogP contribution in [0.2, 0.25) is 0 Å². The van der Waals surface area contributed by atoms with Gasteiger partial charge >= 0.3 is 5.97 Å². The van der Waals surface area contributed by atoms with Gasteiger partial charge in [0, 0.05) is 0 Å². The molecule has 0 bridgehead atoms. The van der Waals surface area contributed by atoms with Crippen molar-refractivity contribution in [2.24, 2.45) is 5.73 Å². The Morgan fingerprint density at radius 2 is 1.83 bits per heavy atom. The van der Waals surface area contributed by atoms with Crippen molar-refractivity contribution in [2.75, 3.05) is 18.6 Å². The van der Waals surface area contributed by atoms with Crippen LogP contribution in [0.4, 0.5) is 0 Å². The van der Waals surface area contributed by atoms with E-state index in [0.717, 1.165) is 5.56 Å². The van der Waals surface area contributed by atoms with Crippen LogP contribution in [0.3, 0.4) is 0 Å². The molecule has 8 nitrogen and oxygen atoms in total. The third-order valence-corrected chi connectivity index (χ3v) is 4.26. The standard InChI is InChI=1S/C7H14N2O3S.C7H8O3S/c1-13-3-2-5(7(11)12)9-6(10)4-8;1-6-2-4-7(5-3-6)11(8,9)10/h5H,2-4,8H2,1H3,(H,9,10)(H,11,12);2-5H,1H3,(H,8,9,10)/t5-;/m0./s1. The highest BCUT2D eigenvalue weighted by Gasteiger charge is 2.18. The Morgan fingerprint density at radius 3 is 2.21 bits per heavy atom. The largest absolute Gasteiger partial charge is 0.480 e. The van der Waals surface area contributed by atoms with Crippen molar-refractivity contribution < 1.29 is 27.7 Å². The van der Waals surface area contributed by atoms with Crippen molar-refractivity contribution in [3.8, 4) is 0 Å². The van der Waals surface area contributed by atoms with Crippen LogP contribution in [0.15, 0.2) is 29.2 Å². The second-order valence-corrected chi connectivity index (χ2v) is 7.14. The molecule has 0 fully saturated rings. The summed E-state index contributed by atoms with van der Waals surface area (Å²) in [7, 11) is -4.02. The van der Waals surface area contributed by atoms with Crippen molar-refractivity contribution in [3.05, 3.63) is 29.8 Å². The van der Waals surface area contributed by atoms with E-state index in [0.29, 0.717) is 12.2 Å². The minimum absolute atomic E-state index is 0.0666. The van der Waals surface area contributed by atoms with Crippen LogP contribution in [-0.4, -0.2) is 54.5 Å². The molecule has 10 heteroatoms. The van der Waals surface area contributed by atoms with Crippen LogP contribution < -0.4 is 11.1 Å². The van der Waals surface area contributed by atoms with Gasteiger partial charge in [-0.25, -0.2) is 4.79 Å². The number of amides is 1. The molecule has 0 radical (unpaired) electrons. The summed E-state index contributed by atoms with van der Waals surface area (Å²) in [6.07, 6.45) is 2.30. The molecule has 1 aromatic carbocycles. The second kappa shape index (κ2) is 11.0. The number of aliphatic carboxylic acids is 1. The molecule has 24 heavy (non-hydrogen) atoms. The van der Waals surface area contributed by atoms with E-state index in [1.807, 2.05) is 13.2 Å². The number of rotatable bonds is 7. The third-order valence-electron chi connectivity index (χ3n) is 2.75. The summed E-state index contributed by atoms with van der Waals surface area (Å²) in [6.45, 7) is 1.66. The van der Waals surface area contributed by atoms with Gasteiger partial charge in [-0.2, -0.15) is 20.2 Å². The van der Waals surface area contributed by atoms with Gasteiger partial charge in [-0.15, -0.1) is 0 Å². The molecular weight excluding hydrogens is 356 g/mol. The van der Waals surface area contributed by atoms with Gasteiger partial charge in [-0.3, -0.25) is 9.35 Å². The summed E-state index contributed by atoms with van der Waals surface area (Å²) in [5, 5.41) is 11.0. The van der Waals surface area contributed by atoms with Gasteiger partial charge in [0.1, 0.15) is 6.04 Å². The Morgan fingerprint density at radius 1 is 1.29 bits per heavy atom. The predicted octanol–water partition coefficient (Wildman–Crippen LogP) is 0.509. The number of aryl methyl sites for hydroxylation is 1. The zero-order chi connectivity index (χ0) is 18.8. The molecule has 0 spiro atoms. The first-order valence-corrected chi connectivity index (χ1v) is 9.70. The monoisotopic (exact) mass is 378 g/mol. The van der Waals surface area contributed by atoms with Crippen LogP contribution in [0, 0.1) is 6.92 Å². The first-order valence-electron chi connectivity index (χ1n) is 6.87. The predicted molar refractivity (Wildman–Crippen MR) is 92.6 cm³/mol. The number of carboxylic acids is 1. The summed E-state index contributed by atoms with van der Waals surface area (Å²) >= 11 is 1.54. The Labute approximate surface area is 145 Å². The van der Waals surface area contributed by atoms with Gasteiger partial charge in [-0.1, -0.05) is 17.7 Å². The molecule has 0 saturated heterocycles. The molecule has 0 unspecified atom stereocenters. The highest BCUT2D eigenvalue weighted by Crippen LogP contribution is 2.08. The fraction of sp³-hybridized carbons (Fsp3) is 0.429. The van der Waals surface area contributed by atoms with Crippen molar-refractivity contribution >= 4 is 33.8 Å². The molecule has 0 aliphatic heterocycles. The van der Waals surface area contributed by atoms with E-state index in [-0.39, 0.29) is 11.4 Å². The summed E-state index contributed by atoms with van der Waals surface area (Å²) in [4.78, 5) is 21.3. The highest BCUT2D eigenvalue weighted by atomic mass is 32.2. The van der Waals surface area contributed by atoms with E-state index in [1.165, 1.54) is 23.9 Å². The molecule has 1 amide bonds. The lowest BCUT2D eigenvalue weighted by Crippen LogP contribution is -2.43. The smallest absolute Gasteiger partial charge is 0.326 e. The van der Waals surface area contributed by atoms with Crippen LogP contribution >= 0.6 is 11.8 Å². The Balaban J connectivity index is 0.000000446. The van der Waals surface area contributed by atoms with E-state index in [2.05, 4.69) is 5.32 Å². The molecule has 0 saturated carbocycles. The number of hydrogen-bond acceptors (Lipinski definition) is 6. The number of nitrogens with one attached hydrogen (secondary N) is 1. The average molecular weight is 378 g/mol. The van der Waals surface area contributed by atoms with E-state index in [1.54, 1.807) is 12.1 Å². The number of benzene rings is 1. The molecule has 5 N–H and O–H groups in total. The number of nitrogens with two attached hydrogens (primary N) is 1. The molecule has 0 aromatic heterocycles. The lowest BCUT2D eigenvalue weighted by molar-refractivity contribution is -0.141. The van der Waals surface area contributed by atoms with Crippen molar-refractivity contribution in [3.63, 3.8) is 0 Å². The molecule has 0 aliphatic rings. The van der Waals surface area contributed by atoms with Gasteiger partial charge < -0.3 is 16.2 Å². The van der Waals surface area contributed by atoms with Crippen LogP contribution in [0.5, 0.6) is 0 Å². The summed E-state index contributed by atoms with van der Waals surface area (Å²) in [5.74, 6) is -0.758. The lowest BCUT2D eigenvalue weighted by Gasteiger charge is -2.12. The van der Waals surface area contributed by atoms with Gasteiger partial charge in [0.05, 0.1) is 11.4 Å². The number of carbonyl (C=O) groups is 2. The molecular formula is C14H22N2O6S2. The average Bonchev–Trinajstić information content (AvgIpc) is 2.51. The fourth-order valence-corrected chi connectivity index (χ4v) is 2.41. The quantitative estimate of drug-likeness (QED) is 0.502. The first-order chi connectivity index (χ1) is 11.1. The first kappa shape index (κ1) is 22.4. The van der Waals surface area contributed by atoms with Gasteiger partial charge in [0.15, 0.2) is 0 Å². The van der Waals surface area contributed by atoms with Crippen molar-refractivity contribution in [1.82, 2.24) is 5.32 Å². The zero-order valence-electron chi connectivity index (χ0n) is 13.4. The zero-order valence-corrected chi connectivity index (χ0v) is 15.1. The summed E-state index contributed by atoms with van der Waals surface area (Å²) in [6, 6.07) is 5.17. The molecule has 1 rings (SSSR count). The minimum atomic E-state index is -4.02. The number of carbonyl (C=O) groups excluding carboxylic acids is 1. The highest BCUT2D eigenvalue weighted by molar-refractivity contribution is 7.98. The second-order valence-electron chi connectivity index (χ2n) is 4.73. The van der Waals surface area contributed by atoms with E-state index in [4.69, 9.17) is 15.4 Å². The Bertz CT molecular complexity index is 631. The molecule has 136 valence electrons. The third kappa shape index (κ3) is 9.50. The molecule has 1 atom stereocenters. The minimum Gasteiger partial charge on any atom is -0.480 e. The molecule has 1 aromatic rings. The van der Waals surface area contributed by atoms with E-state index in [9.17, 15) is 18.0 Å². The van der Waals surface area contributed by atoms with Gasteiger partial charge in [-0.05, 0) is 37.5 Å². The number of thioether (sulfide) groups is 1. The fourth-order valence-electron chi connectivity index (χ4n) is 1.46. The topological polar surface area (TPSA) is 147 Å². The SMILES string of the molecule is CSCC[C@H](NC(=O)CN)C(=O)O.Cc1ccc(S(=O)(=O)O)cc1. The van der Waals surface area contributed by atoms with Crippen LogP contribution in [0.25, 0.3) is 0 Å². The number of carboxylic acid groups (broad SMARTS) is 1. The van der Waals surface area contributed by atoms with E-state index < -0.39 is 28.0 Å². The maximum Gasteiger partial charge on any atom is 0.326 e. The van der Waals surface area contributed by atoms with E-state index >= 15 is 0 Å². The Kier molecular flexibility index (Phi) is 10.3. The number of hydrogen-bond donors (Lipinski definition) is 4. The Hall–Kier alpha value is -1.62. The maximum absolute atomic E-state index is 10.8. The van der Waals surface area contributed by atoms with Crippen LogP contribution in [-0.2, 0) is 19.7 Å². The molecule has 0 heterocycles. The van der Waals surface area contributed by atoms with Crippen LogP contribution in [0.1, 0.15) is 12.0 Å². The summed E-state index contributed by atoms with van der Waals surface area (Å²) < 4.78 is 29.6. The maximum atomic E-state index is 10.8. The van der Waals surface area contributed by atoms with Crippen molar-refractivity contribution in [1.29, 1.82) is 0 Å². The summed E-state index contributed by atoms with van der Waals surface area (Å²) in [5.41, 5.74) is 5.99. The van der Waals surface area contributed by atoms with Crippen molar-refractivity contribution in [2.45, 2.75) is 24.3 Å².